The van der Waals surface area contributed by atoms with Gasteiger partial charge in [0.1, 0.15) is 0 Å². The second-order valence-electron chi connectivity index (χ2n) is 4.73. The summed E-state index contributed by atoms with van der Waals surface area (Å²) in [4.78, 5) is 29.6. The van der Waals surface area contributed by atoms with Crippen molar-refractivity contribution in [1.29, 1.82) is 0 Å². The molecular formula is C14H14N6O2S2. The van der Waals surface area contributed by atoms with Gasteiger partial charge in [0.05, 0.1) is 22.9 Å². The number of nitrogen functional groups attached to an aromatic ring is 1. The van der Waals surface area contributed by atoms with Crippen LogP contribution < -0.4 is 5.84 Å². The van der Waals surface area contributed by atoms with Crippen molar-refractivity contribution in [2.75, 3.05) is 17.3 Å². The normalized spacial score (nSPS) is 10.8. The molecule has 0 aromatic carbocycles. The van der Waals surface area contributed by atoms with Crippen LogP contribution in [0.1, 0.15) is 21.0 Å². The average Bonchev–Trinajstić information content (AvgIpc) is 3.33. The summed E-state index contributed by atoms with van der Waals surface area (Å²) in [6.45, 7) is 0. The van der Waals surface area contributed by atoms with Crippen molar-refractivity contribution in [3.63, 3.8) is 0 Å². The van der Waals surface area contributed by atoms with Gasteiger partial charge < -0.3 is 15.8 Å². The number of carbonyl (C=O) groups is 2. The molecule has 0 saturated heterocycles. The number of H-pyrrole nitrogens is 2. The van der Waals surface area contributed by atoms with Gasteiger partial charge in [-0.1, -0.05) is 23.5 Å². The highest BCUT2D eigenvalue weighted by Gasteiger charge is 2.15. The van der Waals surface area contributed by atoms with Gasteiger partial charge in [0, 0.05) is 12.4 Å². The first-order valence-electron chi connectivity index (χ1n) is 6.94. The summed E-state index contributed by atoms with van der Waals surface area (Å²) in [5.41, 5.74) is 1.08. The minimum Gasteiger partial charge on any atom is -0.359 e. The predicted molar refractivity (Wildman–Crippen MR) is 91.9 cm³/mol. The Morgan fingerprint density at radius 2 is 1.42 bits per heavy atom. The second-order valence-corrected chi connectivity index (χ2v) is 6.61. The van der Waals surface area contributed by atoms with Gasteiger partial charge in [-0.2, -0.15) is 0 Å². The Bertz CT molecular complexity index is 758. The number of thioether (sulfide) groups is 2. The number of ketones is 2. The SMILES string of the molecule is Nn1c(SCC(=O)c2ccc[nH]2)nnc1SCC(=O)c1ccc[nH]1. The molecule has 4 N–H and O–H groups in total. The van der Waals surface area contributed by atoms with E-state index in [1.165, 1.54) is 28.2 Å². The summed E-state index contributed by atoms with van der Waals surface area (Å²) in [5, 5.41) is 8.76. The van der Waals surface area contributed by atoms with Crippen LogP contribution in [0.3, 0.4) is 0 Å². The molecule has 0 bridgehead atoms. The largest absolute Gasteiger partial charge is 0.359 e. The van der Waals surface area contributed by atoms with Gasteiger partial charge in [-0.3, -0.25) is 9.59 Å². The van der Waals surface area contributed by atoms with E-state index >= 15 is 0 Å². The topological polar surface area (TPSA) is 122 Å². The van der Waals surface area contributed by atoms with Crippen LogP contribution in [-0.4, -0.2) is 47.9 Å². The van der Waals surface area contributed by atoms with Crippen molar-refractivity contribution in [1.82, 2.24) is 24.8 Å². The van der Waals surface area contributed by atoms with Crippen LogP contribution in [0.15, 0.2) is 47.0 Å². The van der Waals surface area contributed by atoms with Crippen LogP contribution in [0.5, 0.6) is 0 Å². The molecule has 24 heavy (non-hydrogen) atoms. The zero-order valence-corrected chi connectivity index (χ0v) is 14.1. The molecule has 0 aliphatic carbocycles. The Labute approximate surface area is 145 Å². The van der Waals surface area contributed by atoms with Crippen LogP contribution in [0, 0.1) is 0 Å². The van der Waals surface area contributed by atoms with Crippen LogP contribution in [0.2, 0.25) is 0 Å². The van der Waals surface area contributed by atoms with Crippen LogP contribution in [0.4, 0.5) is 0 Å². The molecule has 3 rings (SSSR count). The smallest absolute Gasteiger partial charge is 0.210 e. The fourth-order valence-electron chi connectivity index (χ4n) is 1.88. The van der Waals surface area contributed by atoms with Gasteiger partial charge in [0.15, 0.2) is 11.6 Å². The third-order valence-electron chi connectivity index (χ3n) is 3.09. The Morgan fingerprint density at radius 3 is 1.79 bits per heavy atom. The number of nitrogens with one attached hydrogen (secondary N) is 2. The summed E-state index contributed by atoms with van der Waals surface area (Å²) in [7, 11) is 0. The maximum atomic E-state index is 11.9. The number of Topliss-reactive ketones (excluding diaryl/α,β-unsaturated/α-hetero) is 2. The number of aromatic nitrogens is 5. The summed E-state index contributed by atoms with van der Waals surface area (Å²) < 4.78 is 1.29. The Kier molecular flexibility index (Phi) is 5.06. The first kappa shape index (κ1) is 16.4. The van der Waals surface area contributed by atoms with Crippen LogP contribution in [0.25, 0.3) is 0 Å². The van der Waals surface area contributed by atoms with Crippen molar-refractivity contribution in [3.05, 3.63) is 48.0 Å². The molecular weight excluding hydrogens is 348 g/mol. The van der Waals surface area contributed by atoms with E-state index in [1.54, 1.807) is 36.7 Å². The van der Waals surface area contributed by atoms with Crippen LogP contribution in [-0.2, 0) is 0 Å². The number of aromatic amines is 2. The Balaban J connectivity index is 1.55. The molecule has 0 unspecified atom stereocenters. The second kappa shape index (κ2) is 7.41. The zero-order chi connectivity index (χ0) is 16.9. The highest BCUT2D eigenvalue weighted by atomic mass is 32.2. The fourth-order valence-corrected chi connectivity index (χ4v) is 3.42. The maximum absolute atomic E-state index is 11.9. The number of hydrogen-bond donors (Lipinski definition) is 3. The van der Waals surface area contributed by atoms with E-state index in [9.17, 15) is 9.59 Å². The molecule has 0 fully saturated rings. The predicted octanol–water partition coefficient (Wildman–Crippen LogP) is 1.60. The number of nitrogens with zero attached hydrogens (tertiary/aromatic N) is 3. The molecule has 124 valence electrons. The molecule has 8 nitrogen and oxygen atoms in total. The third kappa shape index (κ3) is 3.71. The molecule has 0 spiro atoms. The van der Waals surface area contributed by atoms with Gasteiger partial charge in [0.25, 0.3) is 0 Å². The highest BCUT2D eigenvalue weighted by Crippen LogP contribution is 2.22. The van der Waals surface area contributed by atoms with Crippen molar-refractivity contribution in [2.45, 2.75) is 10.3 Å². The molecule has 0 aliphatic heterocycles. The third-order valence-corrected chi connectivity index (χ3v) is 4.98. The van der Waals surface area contributed by atoms with Crippen molar-refractivity contribution in [2.24, 2.45) is 0 Å². The van der Waals surface area contributed by atoms with Gasteiger partial charge in [-0.15, -0.1) is 10.2 Å². The minimum atomic E-state index is -0.0517. The standard InChI is InChI=1S/C14H14N6O2S2/c15-20-13(23-7-11(21)9-3-1-5-16-9)18-19-14(20)24-8-12(22)10-4-2-6-17-10/h1-6,16-17H,7-8,15H2. The number of carbonyl (C=O) groups excluding carboxylic acids is 2. The van der Waals surface area contributed by atoms with E-state index in [-0.39, 0.29) is 23.1 Å². The number of rotatable bonds is 8. The van der Waals surface area contributed by atoms with Gasteiger partial charge in [-0.05, 0) is 24.3 Å². The van der Waals surface area contributed by atoms with Crippen LogP contribution >= 0.6 is 23.5 Å². The minimum absolute atomic E-state index is 0.0517. The molecule has 0 saturated carbocycles. The number of nitrogens with two attached hydrogens (primary N) is 1. The van der Waals surface area contributed by atoms with E-state index < -0.39 is 0 Å². The van der Waals surface area contributed by atoms with Crippen molar-refractivity contribution in [3.8, 4) is 0 Å². The molecule has 10 heteroatoms. The van der Waals surface area contributed by atoms with Crippen molar-refractivity contribution >= 4 is 35.1 Å². The Morgan fingerprint density at radius 1 is 0.958 bits per heavy atom. The molecule has 0 atom stereocenters. The summed E-state index contributed by atoms with van der Waals surface area (Å²) in [5.74, 6) is 6.21. The lowest BCUT2D eigenvalue weighted by atomic mass is 10.3. The van der Waals surface area contributed by atoms with E-state index in [0.29, 0.717) is 21.7 Å². The zero-order valence-electron chi connectivity index (χ0n) is 12.4. The van der Waals surface area contributed by atoms with E-state index in [2.05, 4.69) is 20.2 Å². The lowest BCUT2D eigenvalue weighted by molar-refractivity contribution is 0.101. The molecule has 0 amide bonds. The lowest BCUT2D eigenvalue weighted by Crippen LogP contribution is -2.13. The first-order valence-corrected chi connectivity index (χ1v) is 8.91. The van der Waals surface area contributed by atoms with E-state index in [0.717, 1.165) is 0 Å². The molecule has 3 aromatic rings. The fraction of sp³-hybridized carbons (Fsp3) is 0.143. The monoisotopic (exact) mass is 362 g/mol. The van der Waals surface area contributed by atoms with Gasteiger partial charge >= 0.3 is 0 Å². The summed E-state index contributed by atoms with van der Waals surface area (Å²) in [6.07, 6.45) is 3.39. The summed E-state index contributed by atoms with van der Waals surface area (Å²) in [6, 6.07) is 6.95. The van der Waals surface area contributed by atoms with Gasteiger partial charge in [0.2, 0.25) is 10.3 Å². The first-order chi connectivity index (χ1) is 11.6. The average molecular weight is 362 g/mol. The Hall–Kier alpha value is -2.46. The maximum Gasteiger partial charge on any atom is 0.210 e. The number of hydrogen-bond acceptors (Lipinski definition) is 7. The highest BCUT2D eigenvalue weighted by molar-refractivity contribution is 8.00. The molecule has 0 radical (unpaired) electrons. The quantitative estimate of drug-likeness (QED) is 0.316. The summed E-state index contributed by atoms with van der Waals surface area (Å²) >= 11 is 2.39. The molecule has 0 aliphatic rings. The van der Waals surface area contributed by atoms with E-state index in [1.807, 2.05) is 0 Å². The van der Waals surface area contributed by atoms with E-state index in [4.69, 9.17) is 5.84 Å². The van der Waals surface area contributed by atoms with Crippen molar-refractivity contribution < 1.29 is 9.59 Å². The molecule has 3 aromatic heterocycles. The van der Waals surface area contributed by atoms with Gasteiger partial charge in [-0.25, -0.2) is 4.68 Å². The molecule has 3 heterocycles. The lowest BCUT2D eigenvalue weighted by Gasteiger charge is -2.02.